The topological polar surface area (TPSA) is 59.4 Å². The number of benzene rings is 3. The fourth-order valence-corrected chi connectivity index (χ4v) is 2.89. The maximum Gasteiger partial charge on any atom is 0.142 e. The molecule has 0 aliphatic rings. The Morgan fingerprint density at radius 3 is 2.64 bits per heavy atom. The average molecular weight is 368 g/mol. The Morgan fingerprint density at radius 1 is 0.929 bits per heavy atom. The first-order valence-corrected chi connectivity index (χ1v) is 9.07. The molecule has 5 heteroatoms. The van der Waals surface area contributed by atoms with Crippen molar-refractivity contribution in [2.24, 2.45) is 5.16 Å². The number of fused-ring (bicyclic) bond motifs is 1. The predicted octanol–water partition coefficient (Wildman–Crippen LogP) is 5.31. The van der Waals surface area contributed by atoms with Crippen molar-refractivity contribution >= 4 is 28.1 Å². The SMILES string of the molecule is C/C(=N\OCc1ccccc1)c1cccc(Nc2ncnc3ccccc23)c1. The van der Waals surface area contributed by atoms with E-state index in [1.807, 2.05) is 85.8 Å². The van der Waals surface area contributed by atoms with Crippen LogP contribution in [0.3, 0.4) is 0 Å². The van der Waals surface area contributed by atoms with E-state index in [0.29, 0.717) is 6.61 Å². The third kappa shape index (κ3) is 4.15. The number of anilines is 2. The molecule has 0 fully saturated rings. The van der Waals surface area contributed by atoms with Crippen LogP contribution in [0, 0.1) is 0 Å². The minimum Gasteiger partial charge on any atom is -0.391 e. The van der Waals surface area contributed by atoms with Crippen LogP contribution >= 0.6 is 0 Å². The van der Waals surface area contributed by atoms with Gasteiger partial charge in [-0.3, -0.25) is 0 Å². The largest absolute Gasteiger partial charge is 0.391 e. The van der Waals surface area contributed by atoms with Gasteiger partial charge in [0.25, 0.3) is 0 Å². The van der Waals surface area contributed by atoms with Crippen molar-refractivity contribution in [3.8, 4) is 0 Å². The van der Waals surface area contributed by atoms with Gasteiger partial charge in [0.15, 0.2) is 0 Å². The quantitative estimate of drug-likeness (QED) is 0.370. The van der Waals surface area contributed by atoms with Gasteiger partial charge in [0.2, 0.25) is 0 Å². The molecule has 3 aromatic carbocycles. The van der Waals surface area contributed by atoms with E-state index < -0.39 is 0 Å². The molecule has 0 unspecified atom stereocenters. The number of nitrogens with one attached hydrogen (secondary N) is 1. The van der Waals surface area contributed by atoms with Crippen LogP contribution in [-0.2, 0) is 11.4 Å². The fraction of sp³-hybridized carbons (Fsp3) is 0.0870. The van der Waals surface area contributed by atoms with Gasteiger partial charge in [-0.25, -0.2) is 9.97 Å². The van der Waals surface area contributed by atoms with Gasteiger partial charge in [-0.2, -0.15) is 0 Å². The van der Waals surface area contributed by atoms with E-state index in [9.17, 15) is 0 Å². The van der Waals surface area contributed by atoms with Crippen molar-refractivity contribution in [1.82, 2.24) is 9.97 Å². The molecule has 0 spiro atoms. The highest BCUT2D eigenvalue weighted by molar-refractivity contribution is 5.99. The molecule has 0 bridgehead atoms. The van der Waals surface area contributed by atoms with E-state index in [0.717, 1.165) is 39.2 Å². The summed E-state index contributed by atoms with van der Waals surface area (Å²) in [4.78, 5) is 14.2. The third-order valence-corrected chi connectivity index (χ3v) is 4.36. The van der Waals surface area contributed by atoms with Crippen LogP contribution in [0.5, 0.6) is 0 Å². The molecule has 1 N–H and O–H groups in total. The molecule has 0 radical (unpaired) electrons. The standard InChI is InChI=1S/C23H20N4O/c1-17(27-28-15-18-8-3-2-4-9-18)19-10-7-11-20(14-19)26-23-21-12-5-6-13-22(21)24-16-25-23/h2-14,16H,15H2,1H3,(H,24,25,26)/b27-17+. The van der Waals surface area contributed by atoms with Crippen LogP contribution in [0.25, 0.3) is 10.9 Å². The lowest BCUT2D eigenvalue weighted by atomic mass is 10.1. The minimum absolute atomic E-state index is 0.447. The first-order valence-electron chi connectivity index (χ1n) is 9.07. The third-order valence-electron chi connectivity index (χ3n) is 4.36. The Balaban J connectivity index is 1.50. The summed E-state index contributed by atoms with van der Waals surface area (Å²) in [5.74, 6) is 0.776. The van der Waals surface area contributed by atoms with Crippen LogP contribution in [0.4, 0.5) is 11.5 Å². The van der Waals surface area contributed by atoms with E-state index in [-0.39, 0.29) is 0 Å². The zero-order valence-corrected chi connectivity index (χ0v) is 15.5. The second-order valence-corrected chi connectivity index (χ2v) is 6.38. The summed E-state index contributed by atoms with van der Waals surface area (Å²) in [6, 6.07) is 25.9. The van der Waals surface area contributed by atoms with E-state index in [2.05, 4.69) is 20.4 Å². The van der Waals surface area contributed by atoms with Crippen LogP contribution in [0.1, 0.15) is 18.1 Å². The summed E-state index contributed by atoms with van der Waals surface area (Å²) in [6.45, 7) is 2.38. The molecule has 0 saturated heterocycles. The van der Waals surface area contributed by atoms with E-state index in [1.54, 1.807) is 6.33 Å². The molecule has 0 aliphatic heterocycles. The monoisotopic (exact) mass is 368 g/mol. The first kappa shape index (κ1) is 17.7. The molecule has 4 rings (SSSR count). The smallest absolute Gasteiger partial charge is 0.142 e. The van der Waals surface area contributed by atoms with Crippen molar-refractivity contribution in [1.29, 1.82) is 0 Å². The van der Waals surface area contributed by atoms with E-state index >= 15 is 0 Å². The molecule has 0 saturated carbocycles. The maximum absolute atomic E-state index is 5.50. The Kier molecular flexibility index (Phi) is 5.24. The van der Waals surface area contributed by atoms with Crippen molar-refractivity contribution in [2.75, 3.05) is 5.32 Å². The van der Waals surface area contributed by atoms with Crippen LogP contribution in [0.15, 0.2) is 90.3 Å². The summed E-state index contributed by atoms with van der Waals surface area (Å²) in [6.07, 6.45) is 1.57. The Labute approximate surface area is 163 Å². The molecule has 0 amide bonds. The van der Waals surface area contributed by atoms with E-state index in [4.69, 9.17) is 4.84 Å². The molecule has 138 valence electrons. The zero-order chi connectivity index (χ0) is 19.2. The van der Waals surface area contributed by atoms with Crippen LogP contribution in [0.2, 0.25) is 0 Å². The van der Waals surface area contributed by atoms with Crippen molar-refractivity contribution in [3.63, 3.8) is 0 Å². The lowest BCUT2D eigenvalue weighted by Gasteiger charge is -2.10. The van der Waals surface area contributed by atoms with Gasteiger partial charge in [-0.15, -0.1) is 0 Å². The zero-order valence-electron chi connectivity index (χ0n) is 15.5. The van der Waals surface area contributed by atoms with Gasteiger partial charge in [0.1, 0.15) is 18.8 Å². The summed E-state index contributed by atoms with van der Waals surface area (Å²) >= 11 is 0. The number of nitrogens with zero attached hydrogens (tertiary/aromatic N) is 3. The Morgan fingerprint density at radius 2 is 1.75 bits per heavy atom. The second-order valence-electron chi connectivity index (χ2n) is 6.38. The van der Waals surface area contributed by atoms with Gasteiger partial charge in [0, 0.05) is 16.6 Å². The van der Waals surface area contributed by atoms with Crippen molar-refractivity contribution in [2.45, 2.75) is 13.5 Å². The molecule has 5 nitrogen and oxygen atoms in total. The summed E-state index contributed by atoms with van der Waals surface area (Å²) < 4.78 is 0. The summed E-state index contributed by atoms with van der Waals surface area (Å²) in [7, 11) is 0. The van der Waals surface area contributed by atoms with Crippen LogP contribution < -0.4 is 5.32 Å². The number of aromatic nitrogens is 2. The maximum atomic E-state index is 5.50. The van der Waals surface area contributed by atoms with Gasteiger partial charge in [-0.1, -0.05) is 59.8 Å². The normalized spacial score (nSPS) is 11.4. The molecular weight excluding hydrogens is 348 g/mol. The predicted molar refractivity (Wildman–Crippen MR) is 113 cm³/mol. The van der Waals surface area contributed by atoms with Crippen molar-refractivity contribution in [3.05, 3.63) is 96.3 Å². The fourth-order valence-electron chi connectivity index (χ4n) is 2.89. The molecule has 0 aliphatic carbocycles. The number of hydrogen-bond acceptors (Lipinski definition) is 5. The molecule has 1 heterocycles. The molecular formula is C23H20N4O. The lowest BCUT2D eigenvalue weighted by molar-refractivity contribution is 0.130. The average Bonchev–Trinajstić information content (AvgIpc) is 2.75. The van der Waals surface area contributed by atoms with Crippen molar-refractivity contribution < 1.29 is 4.84 Å². The van der Waals surface area contributed by atoms with Gasteiger partial charge < -0.3 is 10.2 Å². The highest BCUT2D eigenvalue weighted by Gasteiger charge is 2.05. The van der Waals surface area contributed by atoms with Gasteiger partial charge in [-0.05, 0) is 36.8 Å². The molecule has 4 aromatic rings. The second kappa shape index (κ2) is 8.31. The number of oxime groups is 1. The first-order chi connectivity index (χ1) is 13.8. The summed E-state index contributed by atoms with van der Waals surface area (Å²) in [5, 5.41) is 8.61. The molecule has 0 atom stereocenters. The minimum atomic E-state index is 0.447. The highest BCUT2D eigenvalue weighted by Crippen LogP contribution is 2.23. The Bertz CT molecular complexity index is 1100. The number of hydrogen-bond donors (Lipinski definition) is 1. The molecule has 28 heavy (non-hydrogen) atoms. The van der Waals surface area contributed by atoms with Gasteiger partial charge in [0.05, 0.1) is 11.2 Å². The number of rotatable bonds is 6. The number of para-hydroxylation sites is 1. The van der Waals surface area contributed by atoms with E-state index in [1.165, 1.54) is 0 Å². The molecule has 1 aromatic heterocycles. The summed E-state index contributed by atoms with van der Waals surface area (Å²) in [5.41, 5.74) is 4.72. The Hall–Kier alpha value is -3.73. The lowest BCUT2D eigenvalue weighted by Crippen LogP contribution is -2.00. The highest BCUT2D eigenvalue weighted by atomic mass is 16.6. The van der Waals surface area contributed by atoms with Gasteiger partial charge >= 0.3 is 0 Å². The van der Waals surface area contributed by atoms with Crippen LogP contribution in [-0.4, -0.2) is 15.7 Å².